The second-order valence-corrected chi connectivity index (χ2v) is 6.05. The first-order valence-electron chi connectivity index (χ1n) is 7.84. The topological polar surface area (TPSA) is 40.6 Å². The molecule has 0 spiro atoms. The quantitative estimate of drug-likeness (QED) is 0.853. The van der Waals surface area contributed by atoms with Crippen molar-refractivity contribution in [1.82, 2.24) is 9.80 Å². The zero-order valence-corrected chi connectivity index (χ0v) is 12.3. The minimum atomic E-state index is -0.140. The van der Waals surface area contributed by atoms with Gasteiger partial charge in [0.05, 0.1) is 5.92 Å². The van der Waals surface area contributed by atoms with E-state index < -0.39 is 0 Å². The molecule has 4 nitrogen and oxygen atoms in total. The first-order valence-corrected chi connectivity index (χ1v) is 7.84. The number of carbonyl (C=O) groups excluding carboxylic acids is 2. The van der Waals surface area contributed by atoms with Gasteiger partial charge < -0.3 is 9.80 Å². The Morgan fingerprint density at radius 1 is 1.10 bits per heavy atom. The molecule has 1 atom stereocenters. The molecule has 21 heavy (non-hydrogen) atoms. The molecule has 1 aromatic carbocycles. The van der Waals surface area contributed by atoms with Crippen molar-refractivity contribution in [3.05, 3.63) is 35.9 Å². The van der Waals surface area contributed by atoms with Crippen LogP contribution in [0.25, 0.3) is 0 Å². The summed E-state index contributed by atoms with van der Waals surface area (Å²) in [5, 5.41) is 0. The molecule has 0 bridgehead atoms. The molecule has 0 saturated carbocycles. The van der Waals surface area contributed by atoms with Crippen LogP contribution < -0.4 is 0 Å². The number of likely N-dealkylation sites (tertiary alicyclic amines) is 2. The van der Waals surface area contributed by atoms with Crippen molar-refractivity contribution in [2.24, 2.45) is 5.92 Å². The van der Waals surface area contributed by atoms with Crippen molar-refractivity contribution in [3.63, 3.8) is 0 Å². The lowest BCUT2D eigenvalue weighted by molar-refractivity contribution is -0.136. The summed E-state index contributed by atoms with van der Waals surface area (Å²) in [5.74, 6) is 0.145. The van der Waals surface area contributed by atoms with Crippen LogP contribution in [0.2, 0.25) is 0 Å². The normalized spacial score (nSPS) is 22.7. The highest BCUT2D eigenvalue weighted by molar-refractivity contribution is 5.89. The van der Waals surface area contributed by atoms with Gasteiger partial charge >= 0.3 is 0 Å². The molecule has 2 heterocycles. The van der Waals surface area contributed by atoms with E-state index in [1.807, 2.05) is 40.1 Å². The Labute approximate surface area is 125 Å². The van der Waals surface area contributed by atoms with Gasteiger partial charge in [0.2, 0.25) is 11.8 Å². The van der Waals surface area contributed by atoms with E-state index in [0.717, 1.165) is 31.5 Å². The predicted molar refractivity (Wildman–Crippen MR) is 80.4 cm³/mol. The summed E-state index contributed by atoms with van der Waals surface area (Å²) in [4.78, 5) is 28.4. The van der Waals surface area contributed by atoms with Crippen molar-refractivity contribution in [1.29, 1.82) is 0 Å². The molecule has 112 valence electrons. The molecule has 0 N–H and O–H groups in total. The Kier molecular flexibility index (Phi) is 4.23. The minimum absolute atomic E-state index is 0.106. The van der Waals surface area contributed by atoms with Gasteiger partial charge in [-0.05, 0) is 24.8 Å². The molecule has 0 radical (unpaired) electrons. The maximum atomic E-state index is 12.5. The second kappa shape index (κ2) is 6.29. The third kappa shape index (κ3) is 3.26. The van der Waals surface area contributed by atoms with Crippen LogP contribution in [0.3, 0.4) is 0 Å². The van der Waals surface area contributed by atoms with E-state index in [-0.39, 0.29) is 17.7 Å². The molecule has 2 saturated heterocycles. The summed E-state index contributed by atoms with van der Waals surface area (Å²) in [7, 11) is 0. The molecule has 4 heteroatoms. The number of amides is 2. The lowest BCUT2D eigenvalue weighted by Gasteiger charge is -2.29. The highest BCUT2D eigenvalue weighted by atomic mass is 16.2. The molecule has 1 unspecified atom stereocenters. The van der Waals surface area contributed by atoms with E-state index in [2.05, 4.69) is 0 Å². The van der Waals surface area contributed by atoms with Crippen molar-refractivity contribution in [2.45, 2.75) is 32.2 Å². The summed E-state index contributed by atoms with van der Waals surface area (Å²) in [5.41, 5.74) is 1.12. The maximum Gasteiger partial charge on any atom is 0.227 e. The smallest absolute Gasteiger partial charge is 0.227 e. The summed E-state index contributed by atoms with van der Waals surface area (Å²) < 4.78 is 0. The largest absolute Gasteiger partial charge is 0.342 e. The van der Waals surface area contributed by atoms with Gasteiger partial charge in [-0.15, -0.1) is 0 Å². The fourth-order valence-electron chi connectivity index (χ4n) is 3.27. The minimum Gasteiger partial charge on any atom is -0.342 e. The van der Waals surface area contributed by atoms with E-state index >= 15 is 0 Å². The van der Waals surface area contributed by atoms with Crippen molar-refractivity contribution in [2.75, 3.05) is 19.6 Å². The molecule has 2 aliphatic heterocycles. The highest BCUT2D eigenvalue weighted by Crippen LogP contribution is 2.23. The number of piperidine rings is 1. The Bertz CT molecular complexity index is 509. The van der Waals surface area contributed by atoms with Gasteiger partial charge in [-0.3, -0.25) is 9.59 Å². The molecule has 2 fully saturated rings. The van der Waals surface area contributed by atoms with Gasteiger partial charge in [0, 0.05) is 32.6 Å². The van der Waals surface area contributed by atoms with Crippen LogP contribution in [0.5, 0.6) is 0 Å². The zero-order chi connectivity index (χ0) is 14.7. The lowest BCUT2D eigenvalue weighted by Crippen LogP contribution is -2.40. The van der Waals surface area contributed by atoms with Crippen LogP contribution in [0.4, 0.5) is 0 Å². The standard InChI is InChI=1S/C17H22N2O2/c20-16-11-15(17(21)18-9-5-2-6-10-18)13-19(16)12-14-7-3-1-4-8-14/h1,3-4,7-8,15H,2,5-6,9-13H2. The van der Waals surface area contributed by atoms with Crippen molar-refractivity contribution in [3.8, 4) is 0 Å². The maximum absolute atomic E-state index is 12.5. The Morgan fingerprint density at radius 3 is 2.52 bits per heavy atom. The molecule has 0 aliphatic carbocycles. The molecule has 3 rings (SSSR count). The van der Waals surface area contributed by atoms with Gasteiger partial charge in [-0.25, -0.2) is 0 Å². The molecule has 1 aromatic rings. The molecular weight excluding hydrogens is 264 g/mol. The van der Waals surface area contributed by atoms with Gasteiger partial charge in [0.25, 0.3) is 0 Å². The fraction of sp³-hybridized carbons (Fsp3) is 0.529. The number of carbonyl (C=O) groups is 2. The molecule has 2 amide bonds. The summed E-state index contributed by atoms with van der Waals surface area (Å²) >= 11 is 0. The van der Waals surface area contributed by atoms with Crippen LogP contribution in [-0.4, -0.2) is 41.2 Å². The third-order valence-electron chi connectivity index (χ3n) is 4.45. The van der Waals surface area contributed by atoms with Gasteiger partial charge in [-0.2, -0.15) is 0 Å². The Balaban J connectivity index is 1.60. The SMILES string of the molecule is O=C1CC(C(=O)N2CCCCC2)CN1Cc1ccccc1. The highest BCUT2D eigenvalue weighted by Gasteiger charge is 2.36. The molecule has 2 aliphatic rings. The van der Waals surface area contributed by atoms with Gasteiger partial charge in [0.15, 0.2) is 0 Å². The number of hydrogen-bond donors (Lipinski definition) is 0. The van der Waals surface area contributed by atoms with Crippen molar-refractivity contribution >= 4 is 11.8 Å². The Hall–Kier alpha value is -1.84. The third-order valence-corrected chi connectivity index (χ3v) is 4.45. The molecule has 0 aromatic heterocycles. The van der Waals surface area contributed by atoms with E-state index in [4.69, 9.17) is 0 Å². The summed E-state index contributed by atoms with van der Waals surface area (Å²) in [6.45, 7) is 2.91. The Morgan fingerprint density at radius 2 is 1.81 bits per heavy atom. The van der Waals surface area contributed by atoms with Crippen molar-refractivity contribution < 1.29 is 9.59 Å². The first-order chi connectivity index (χ1) is 10.2. The van der Waals surface area contributed by atoms with E-state index in [1.165, 1.54) is 6.42 Å². The summed E-state index contributed by atoms with van der Waals surface area (Å²) in [6.07, 6.45) is 3.79. The number of benzene rings is 1. The number of nitrogens with zero attached hydrogens (tertiary/aromatic N) is 2. The zero-order valence-electron chi connectivity index (χ0n) is 12.3. The number of hydrogen-bond acceptors (Lipinski definition) is 2. The molecular formula is C17H22N2O2. The van der Waals surface area contributed by atoms with E-state index in [9.17, 15) is 9.59 Å². The average molecular weight is 286 g/mol. The monoisotopic (exact) mass is 286 g/mol. The van der Waals surface area contributed by atoms with Crippen LogP contribution >= 0.6 is 0 Å². The first kappa shape index (κ1) is 14.1. The average Bonchev–Trinajstić information content (AvgIpc) is 2.89. The fourth-order valence-corrected chi connectivity index (χ4v) is 3.27. The summed E-state index contributed by atoms with van der Waals surface area (Å²) in [6, 6.07) is 9.97. The second-order valence-electron chi connectivity index (χ2n) is 6.05. The predicted octanol–water partition coefficient (Wildman–Crippen LogP) is 2.05. The van der Waals surface area contributed by atoms with Gasteiger partial charge in [0.1, 0.15) is 0 Å². The van der Waals surface area contributed by atoms with E-state index in [1.54, 1.807) is 0 Å². The van der Waals surface area contributed by atoms with Gasteiger partial charge in [-0.1, -0.05) is 30.3 Å². The lowest BCUT2D eigenvalue weighted by atomic mass is 10.0. The van der Waals surface area contributed by atoms with E-state index in [0.29, 0.717) is 19.5 Å². The number of rotatable bonds is 3. The van der Waals surface area contributed by atoms with Crippen LogP contribution in [-0.2, 0) is 16.1 Å². The van der Waals surface area contributed by atoms with Crippen LogP contribution in [0.1, 0.15) is 31.2 Å². The van der Waals surface area contributed by atoms with Crippen LogP contribution in [0, 0.1) is 5.92 Å². The van der Waals surface area contributed by atoms with Crippen LogP contribution in [0.15, 0.2) is 30.3 Å².